The van der Waals surface area contributed by atoms with Gasteiger partial charge in [0.1, 0.15) is 6.04 Å². The van der Waals surface area contributed by atoms with Crippen molar-refractivity contribution in [1.82, 2.24) is 14.9 Å². The maximum absolute atomic E-state index is 12.2. The second kappa shape index (κ2) is 19.8. The summed E-state index contributed by atoms with van der Waals surface area (Å²) < 4.78 is 21.4. The van der Waals surface area contributed by atoms with E-state index >= 15 is 0 Å². The lowest BCUT2D eigenvalue weighted by Crippen LogP contribution is -2.40. The van der Waals surface area contributed by atoms with E-state index in [1.54, 1.807) is 7.05 Å². The van der Waals surface area contributed by atoms with Crippen molar-refractivity contribution in [3.63, 3.8) is 0 Å². The summed E-state index contributed by atoms with van der Waals surface area (Å²) >= 11 is 0. The van der Waals surface area contributed by atoms with Crippen LogP contribution in [0.3, 0.4) is 0 Å². The number of carbonyl (C=O) groups excluding carboxylic acids is 5. The molecule has 0 aliphatic carbocycles. The molecule has 1 fully saturated rings. The van der Waals surface area contributed by atoms with Gasteiger partial charge in [-0.2, -0.15) is 0 Å². The number of likely N-dealkylation sites (N-methyl/N-ethyl adjacent to an activating group) is 2. The van der Waals surface area contributed by atoms with Crippen LogP contribution in [-0.4, -0.2) is 135 Å². The fraction of sp³-hybridized carbons (Fsp3) is 0.760. The second-order valence-electron chi connectivity index (χ2n) is 8.93. The van der Waals surface area contributed by atoms with Crippen LogP contribution in [0.25, 0.3) is 0 Å². The Morgan fingerprint density at radius 1 is 0.775 bits per heavy atom. The first-order valence-corrected chi connectivity index (χ1v) is 13.1. The number of rotatable bonds is 22. The van der Waals surface area contributed by atoms with Crippen LogP contribution in [0, 0.1) is 0 Å². The van der Waals surface area contributed by atoms with Gasteiger partial charge in [-0.3, -0.25) is 19.2 Å². The number of carboxylic acids is 1. The number of carboxylic acid groups (broad SMARTS) is 1. The van der Waals surface area contributed by atoms with Crippen LogP contribution < -0.4 is 0 Å². The average molecular weight is 576 g/mol. The molecule has 0 aromatic carbocycles. The summed E-state index contributed by atoms with van der Waals surface area (Å²) in [6.45, 7) is 4.15. The van der Waals surface area contributed by atoms with Crippen LogP contribution in [0.2, 0.25) is 0 Å². The zero-order valence-corrected chi connectivity index (χ0v) is 23.5. The number of hydroxylamine groups is 2. The molecule has 15 heteroatoms. The third-order valence-corrected chi connectivity index (χ3v) is 5.88. The zero-order valence-electron chi connectivity index (χ0n) is 23.5. The average Bonchev–Trinajstić information content (AvgIpc) is 3.23. The number of aliphatic carboxylic acids is 1. The molecule has 0 aromatic rings. The van der Waals surface area contributed by atoms with E-state index in [0.29, 0.717) is 57.7 Å². The van der Waals surface area contributed by atoms with Crippen LogP contribution in [0.5, 0.6) is 0 Å². The largest absolute Gasteiger partial charge is 0.480 e. The van der Waals surface area contributed by atoms with Gasteiger partial charge in [0, 0.05) is 46.3 Å². The minimum Gasteiger partial charge on any atom is -0.480 e. The molecular weight excluding hydrogens is 534 g/mol. The van der Waals surface area contributed by atoms with Crippen molar-refractivity contribution in [2.45, 2.75) is 51.5 Å². The van der Waals surface area contributed by atoms with E-state index in [1.165, 1.54) is 18.9 Å². The monoisotopic (exact) mass is 575 g/mol. The Kier molecular flexibility index (Phi) is 17.3. The lowest BCUT2D eigenvalue weighted by Gasteiger charge is -2.21. The van der Waals surface area contributed by atoms with Gasteiger partial charge in [-0.1, -0.05) is 0 Å². The molecule has 1 rings (SSSR count). The number of imide groups is 1. The van der Waals surface area contributed by atoms with Gasteiger partial charge >= 0.3 is 11.9 Å². The summed E-state index contributed by atoms with van der Waals surface area (Å²) in [5, 5.41) is 9.45. The van der Waals surface area contributed by atoms with Crippen molar-refractivity contribution in [3.8, 4) is 0 Å². The van der Waals surface area contributed by atoms with Crippen LogP contribution in [0.4, 0.5) is 0 Å². The van der Waals surface area contributed by atoms with Gasteiger partial charge in [-0.15, -0.1) is 5.06 Å². The molecule has 0 bridgehead atoms. The number of amides is 4. The van der Waals surface area contributed by atoms with E-state index in [-0.39, 0.29) is 57.1 Å². The molecule has 0 saturated carbocycles. The number of hydrogen-bond acceptors (Lipinski definition) is 11. The highest BCUT2D eigenvalue weighted by atomic mass is 16.7. The highest BCUT2D eigenvalue weighted by molar-refractivity contribution is 6.01. The van der Waals surface area contributed by atoms with Crippen molar-refractivity contribution in [2.24, 2.45) is 0 Å². The quantitative estimate of drug-likeness (QED) is 0.131. The van der Waals surface area contributed by atoms with E-state index < -0.39 is 29.8 Å². The molecule has 40 heavy (non-hydrogen) atoms. The first-order chi connectivity index (χ1) is 19.0. The fourth-order valence-electron chi connectivity index (χ4n) is 3.19. The van der Waals surface area contributed by atoms with Gasteiger partial charge < -0.3 is 38.7 Å². The lowest BCUT2D eigenvalue weighted by molar-refractivity contribution is -0.198. The third-order valence-electron chi connectivity index (χ3n) is 5.88. The van der Waals surface area contributed by atoms with Gasteiger partial charge in [-0.05, 0) is 13.3 Å². The highest BCUT2D eigenvalue weighted by Crippen LogP contribution is 2.12. The first-order valence-electron chi connectivity index (χ1n) is 13.1. The summed E-state index contributed by atoms with van der Waals surface area (Å²) in [5.74, 6) is -3.30. The van der Waals surface area contributed by atoms with Crippen LogP contribution >= 0.6 is 0 Å². The van der Waals surface area contributed by atoms with Crippen molar-refractivity contribution >= 4 is 35.6 Å². The Morgan fingerprint density at radius 3 is 1.77 bits per heavy atom. The molecule has 0 spiro atoms. The van der Waals surface area contributed by atoms with Crippen LogP contribution in [0.1, 0.15) is 45.4 Å². The van der Waals surface area contributed by atoms with E-state index in [1.807, 2.05) is 0 Å². The molecule has 4 amide bonds. The Hall–Kier alpha value is -3.14. The van der Waals surface area contributed by atoms with Crippen molar-refractivity contribution in [1.29, 1.82) is 0 Å². The molecule has 0 aromatic heterocycles. The van der Waals surface area contributed by atoms with Gasteiger partial charge in [0.15, 0.2) is 0 Å². The Balaban J connectivity index is 1.90. The fourth-order valence-corrected chi connectivity index (χ4v) is 3.19. The molecule has 15 nitrogen and oxygen atoms in total. The van der Waals surface area contributed by atoms with Crippen LogP contribution in [0.15, 0.2) is 0 Å². The van der Waals surface area contributed by atoms with Crippen molar-refractivity contribution in [3.05, 3.63) is 0 Å². The SMILES string of the molecule is C[C@@H](C(=O)O)N(C)C(=O)CCCC(=O)N(C)CCOCCOCCOCCOCCC(=O)ON1C(=O)CCC1=O. The molecule has 1 atom stereocenters. The molecule has 1 N–H and O–H groups in total. The smallest absolute Gasteiger partial charge is 0.335 e. The summed E-state index contributed by atoms with van der Waals surface area (Å²) in [4.78, 5) is 76.8. The summed E-state index contributed by atoms with van der Waals surface area (Å²) in [7, 11) is 3.08. The Labute approximate surface area is 233 Å². The van der Waals surface area contributed by atoms with Gasteiger partial charge in [0.05, 0.1) is 59.3 Å². The standard InChI is InChI=1S/C25H41N3O12/c1-19(25(34)35)27(3)21(30)6-4-5-20(29)26(2)10-12-37-14-16-39-18-17-38-15-13-36-11-9-24(33)40-28-22(31)7-8-23(28)32/h19H,4-18H2,1-3H3,(H,34,35)/t19-/m0/s1. The molecule has 0 unspecified atom stereocenters. The normalized spacial score (nSPS) is 13.8. The van der Waals surface area contributed by atoms with Gasteiger partial charge in [-0.25, -0.2) is 9.59 Å². The number of hydrogen-bond donors (Lipinski definition) is 1. The molecule has 0 radical (unpaired) electrons. The van der Waals surface area contributed by atoms with Crippen molar-refractivity contribution < 1.29 is 57.7 Å². The Morgan fingerprint density at radius 2 is 1.25 bits per heavy atom. The van der Waals surface area contributed by atoms with E-state index in [9.17, 15) is 28.8 Å². The second-order valence-corrected chi connectivity index (χ2v) is 8.93. The maximum atomic E-state index is 12.2. The summed E-state index contributed by atoms with van der Waals surface area (Å²) in [6.07, 6.45) is 0.604. The maximum Gasteiger partial charge on any atom is 0.335 e. The topological polar surface area (TPSA) is 179 Å². The molecule has 1 saturated heterocycles. The van der Waals surface area contributed by atoms with E-state index in [0.717, 1.165) is 4.90 Å². The molecular formula is C25H41N3O12. The van der Waals surface area contributed by atoms with Crippen molar-refractivity contribution in [2.75, 3.05) is 73.5 Å². The zero-order chi connectivity index (χ0) is 29.9. The number of carbonyl (C=O) groups is 6. The highest BCUT2D eigenvalue weighted by Gasteiger charge is 2.32. The molecule has 1 heterocycles. The summed E-state index contributed by atoms with van der Waals surface area (Å²) in [6, 6.07) is -0.916. The summed E-state index contributed by atoms with van der Waals surface area (Å²) in [5.41, 5.74) is 0. The first kappa shape index (κ1) is 34.9. The van der Waals surface area contributed by atoms with Crippen LogP contribution in [-0.2, 0) is 52.6 Å². The Bertz CT molecular complexity index is 837. The van der Waals surface area contributed by atoms with Gasteiger partial charge in [0.2, 0.25) is 11.8 Å². The predicted molar refractivity (Wildman–Crippen MR) is 136 cm³/mol. The minimum atomic E-state index is -1.08. The van der Waals surface area contributed by atoms with E-state index in [2.05, 4.69) is 0 Å². The molecule has 228 valence electrons. The third kappa shape index (κ3) is 14.3. The number of nitrogens with zero attached hydrogens (tertiary/aromatic N) is 3. The molecule has 1 aliphatic rings. The molecule has 1 aliphatic heterocycles. The number of ether oxygens (including phenoxy) is 4. The predicted octanol–water partition coefficient (Wildman–Crippen LogP) is -0.390. The van der Waals surface area contributed by atoms with E-state index in [4.69, 9.17) is 28.9 Å². The lowest BCUT2D eigenvalue weighted by atomic mass is 10.2. The van der Waals surface area contributed by atoms with Gasteiger partial charge in [0.25, 0.3) is 11.8 Å². The minimum absolute atomic E-state index is 0.0436.